The standard InChI is InChI=1S/C8H8N4O/c1-13-8-5-9-4-7(12-8)6-2-10-11-3-6/h2-5H,1H3,(H,10,11). The van der Waals surface area contributed by atoms with Gasteiger partial charge in [-0.15, -0.1) is 0 Å². The molecule has 13 heavy (non-hydrogen) atoms. The predicted molar refractivity (Wildman–Crippen MR) is 46.2 cm³/mol. The van der Waals surface area contributed by atoms with Gasteiger partial charge in [-0.05, 0) is 0 Å². The molecule has 0 unspecified atom stereocenters. The van der Waals surface area contributed by atoms with Crippen molar-refractivity contribution in [1.29, 1.82) is 0 Å². The third-order valence-corrected chi connectivity index (χ3v) is 1.62. The number of aromatic amines is 1. The van der Waals surface area contributed by atoms with Crippen molar-refractivity contribution in [3.8, 4) is 17.1 Å². The SMILES string of the molecule is COc1cncc(-c2cn[nH]c2)n1. The molecule has 2 heterocycles. The zero-order valence-electron chi connectivity index (χ0n) is 7.06. The molecule has 0 saturated carbocycles. The first kappa shape index (κ1) is 7.72. The van der Waals surface area contributed by atoms with Crippen molar-refractivity contribution in [3.05, 3.63) is 24.8 Å². The van der Waals surface area contributed by atoms with Gasteiger partial charge in [0.15, 0.2) is 0 Å². The number of rotatable bonds is 2. The summed E-state index contributed by atoms with van der Waals surface area (Å²) < 4.78 is 4.95. The van der Waals surface area contributed by atoms with Crippen LogP contribution < -0.4 is 4.74 Å². The van der Waals surface area contributed by atoms with Gasteiger partial charge >= 0.3 is 0 Å². The molecule has 0 aliphatic heterocycles. The van der Waals surface area contributed by atoms with Gasteiger partial charge in [-0.2, -0.15) is 5.10 Å². The topological polar surface area (TPSA) is 63.7 Å². The molecule has 0 radical (unpaired) electrons. The van der Waals surface area contributed by atoms with Crippen LogP contribution in [-0.2, 0) is 0 Å². The van der Waals surface area contributed by atoms with E-state index in [0.717, 1.165) is 11.3 Å². The van der Waals surface area contributed by atoms with Crippen LogP contribution in [0.3, 0.4) is 0 Å². The van der Waals surface area contributed by atoms with Crippen LogP contribution in [0.15, 0.2) is 24.8 Å². The lowest BCUT2D eigenvalue weighted by atomic mass is 10.3. The third-order valence-electron chi connectivity index (χ3n) is 1.62. The fourth-order valence-electron chi connectivity index (χ4n) is 0.976. The number of hydrogen-bond donors (Lipinski definition) is 1. The molecule has 0 saturated heterocycles. The minimum atomic E-state index is 0.499. The molecule has 2 aromatic rings. The van der Waals surface area contributed by atoms with Crippen molar-refractivity contribution < 1.29 is 4.74 Å². The summed E-state index contributed by atoms with van der Waals surface area (Å²) in [6, 6.07) is 0. The van der Waals surface area contributed by atoms with Crippen molar-refractivity contribution in [3.63, 3.8) is 0 Å². The smallest absolute Gasteiger partial charge is 0.232 e. The van der Waals surface area contributed by atoms with Gasteiger partial charge in [0.1, 0.15) is 0 Å². The van der Waals surface area contributed by atoms with Crippen LogP contribution in [0, 0.1) is 0 Å². The van der Waals surface area contributed by atoms with Crippen molar-refractivity contribution in [2.45, 2.75) is 0 Å². The van der Waals surface area contributed by atoms with Crippen LogP contribution in [-0.4, -0.2) is 27.3 Å². The molecular formula is C8H8N4O. The van der Waals surface area contributed by atoms with Crippen LogP contribution in [0.5, 0.6) is 5.88 Å². The zero-order valence-corrected chi connectivity index (χ0v) is 7.06. The molecule has 0 aliphatic rings. The second-order valence-electron chi connectivity index (χ2n) is 2.43. The molecule has 0 amide bonds. The molecule has 2 aromatic heterocycles. The number of nitrogens with one attached hydrogen (secondary N) is 1. The summed E-state index contributed by atoms with van der Waals surface area (Å²) in [5.41, 5.74) is 1.64. The molecule has 5 nitrogen and oxygen atoms in total. The first-order valence-corrected chi connectivity index (χ1v) is 3.75. The average Bonchev–Trinajstić information content (AvgIpc) is 2.71. The molecular weight excluding hydrogens is 168 g/mol. The number of ether oxygens (including phenoxy) is 1. The highest BCUT2D eigenvalue weighted by Crippen LogP contribution is 2.15. The van der Waals surface area contributed by atoms with Crippen LogP contribution in [0.25, 0.3) is 11.3 Å². The summed E-state index contributed by atoms with van der Waals surface area (Å²) >= 11 is 0. The Labute approximate surface area is 74.8 Å². The highest BCUT2D eigenvalue weighted by Gasteiger charge is 2.01. The second-order valence-corrected chi connectivity index (χ2v) is 2.43. The van der Waals surface area contributed by atoms with Gasteiger partial charge in [-0.3, -0.25) is 10.1 Å². The zero-order chi connectivity index (χ0) is 9.10. The van der Waals surface area contributed by atoms with Crippen molar-refractivity contribution in [2.24, 2.45) is 0 Å². The molecule has 2 rings (SSSR count). The van der Waals surface area contributed by atoms with E-state index in [4.69, 9.17) is 4.74 Å². The number of aromatic nitrogens is 4. The maximum atomic E-state index is 4.95. The third kappa shape index (κ3) is 1.48. The second kappa shape index (κ2) is 3.22. The van der Waals surface area contributed by atoms with Crippen LogP contribution in [0.1, 0.15) is 0 Å². The largest absolute Gasteiger partial charge is 0.480 e. The molecule has 0 spiro atoms. The molecule has 5 heteroatoms. The Bertz CT molecular complexity index is 385. The van der Waals surface area contributed by atoms with Gasteiger partial charge in [0, 0.05) is 11.8 Å². The number of H-pyrrole nitrogens is 1. The lowest BCUT2D eigenvalue weighted by molar-refractivity contribution is 0.396. The summed E-state index contributed by atoms with van der Waals surface area (Å²) in [5, 5.41) is 6.53. The highest BCUT2D eigenvalue weighted by molar-refractivity contribution is 5.55. The Hall–Kier alpha value is -1.91. The Kier molecular flexibility index (Phi) is 1.91. The van der Waals surface area contributed by atoms with Crippen LogP contribution >= 0.6 is 0 Å². The quantitative estimate of drug-likeness (QED) is 0.737. The van der Waals surface area contributed by atoms with Gasteiger partial charge in [-0.1, -0.05) is 0 Å². The average molecular weight is 176 g/mol. The summed E-state index contributed by atoms with van der Waals surface area (Å²) in [6.45, 7) is 0. The highest BCUT2D eigenvalue weighted by atomic mass is 16.5. The molecule has 0 atom stereocenters. The van der Waals surface area contributed by atoms with Crippen LogP contribution in [0.2, 0.25) is 0 Å². The van der Waals surface area contributed by atoms with Gasteiger partial charge in [-0.25, -0.2) is 4.98 Å². The van der Waals surface area contributed by atoms with Crippen molar-refractivity contribution >= 4 is 0 Å². The Balaban J connectivity index is 2.41. The first-order chi connectivity index (χ1) is 6.40. The molecule has 0 bridgehead atoms. The lowest BCUT2D eigenvalue weighted by Gasteiger charge is -1.99. The molecule has 1 N–H and O–H groups in total. The van der Waals surface area contributed by atoms with E-state index >= 15 is 0 Å². The summed E-state index contributed by atoms with van der Waals surface area (Å²) in [6.07, 6.45) is 6.66. The first-order valence-electron chi connectivity index (χ1n) is 3.75. The number of methoxy groups -OCH3 is 1. The van der Waals surface area contributed by atoms with E-state index in [0.29, 0.717) is 5.88 Å². The van der Waals surface area contributed by atoms with E-state index in [1.54, 1.807) is 31.9 Å². The summed E-state index contributed by atoms with van der Waals surface area (Å²) in [5.74, 6) is 0.499. The maximum absolute atomic E-state index is 4.95. The minimum absolute atomic E-state index is 0.499. The van der Waals surface area contributed by atoms with E-state index < -0.39 is 0 Å². The predicted octanol–water partition coefficient (Wildman–Crippen LogP) is 0.875. The molecule has 0 fully saturated rings. The fraction of sp³-hybridized carbons (Fsp3) is 0.125. The van der Waals surface area contributed by atoms with Gasteiger partial charge in [0.05, 0.1) is 31.4 Å². The maximum Gasteiger partial charge on any atom is 0.232 e. The van der Waals surface area contributed by atoms with Crippen molar-refractivity contribution in [1.82, 2.24) is 20.2 Å². The van der Waals surface area contributed by atoms with E-state index in [2.05, 4.69) is 20.2 Å². The van der Waals surface area contributed by atoms with Gasteiger partial charge in [0.25, 0.3) is 0 Å². The molecule has 66 valence electrons. The van der Waals surface area contributed by atoms with Gasteiger partial charge in [0.2, 0.25) is 5.88 Å². The van der Waals surface area contributed by atoms with E-state index in [9.17, 15) is 0 Å². The minimum Gasteiger partial charge on any atom is -0.480 e. The van der Waals surface area contributed by atoms with Crippen molar-refractivity contribution in [2.75, 3.05) is 7.11 Å². The monoisotopic (exact) mass is 176 g/mol. The van der Waals surface area contributed by atoms with E-state index in [1.807, 2.05) is 0 Å². The van der Waals surface area contributed by atoms with E-state index in [1.165, 1.54) is 0 Å². The molecule has 0 aromatic carbocycles. The fourth-order valence-corrected chi connectivity index (χ4v) is 0.976. The summed E-state index contributed by atoms with van der Waals surface area (Å²) in [4.78, 5) is 8.17. The lowest BCUT2D eigenvalue weighted by Crippen LogP contribution is -1.90. The number of hydrogen-bond acceptors (Lipinski definition) is 4. The van der Waals surface area contributed by atoms with Crippen LogP contribution in [0.4, 0.5) is 0 Å². The Morgan fingerprint density at radius 1 is 1.31 bits per heavy atom. The van der Waals surface area contributed by atoms with E-state index in [-0.39, 0.29) is 0 Å². The number of nitrogens with zero attached hydrogens (tertiary/aromatic N) is 3. The summed E-state index contributed by atoms with van der Waals surface area (Å²) in [7, 11) is 1.56. The Morgan fingerprint density at radius 3 is 2.92 bits per heavy atom. The Morgan fingerprint density at radius 2 is 2.23 bits per heavy atom. The normalized spacial score (nSPS) is 9.92. The molecule has 0 aliphatic carbocycles. The van der Waals surface area contributed by atoms with Gasteiger partial charge < -0.3 is 4.74 Å².